The van der Waals surface area contributed by atoms with Crippen LogP contribution in [0.5, 0.6) is 0 Å². The summed E-state index contributed by atoms with van der Waals surface area (Å²) in [7, 11) is 0. The summed E-state index contributed by atoms with van der Waals surface area (Å²) in [6, 6.07) is 18.2. The van der Waals surface area contributed by atoms with Gasteiger partial charge in [-0.25, -0.2) is 4.39 Å². The number of halogens is 1. The number of ketones is 1. The Hall–Kier alpha value is -2.48. The first-order valence-corrected chi connectivity index (χ1v) is 7.05. The smallest absolute Gasteiger partial charge is 0.171 e. The highest BCUT2D eigenvalue weighted by Crippen LogP contribution is 2.38. The molecule has 1 unspecified atom stereocenters. The predicted molar refractivity (Wildman–Crippen MR) is 81.1 cm³/mol. The zero-order chi connectivity index (χ0) is 14.4. The molecule has 1 aliphatic carbocycles. The monoisotopic (exact) mass is 276 g/mol. The highest BCUT2D eigenvalue weighted by atomic mass is 19.1. The molecule has 102 valence electrons. The van der Waals surface area contributed by atoms with Crippen LogP contribution in [0.2, 0.25) is 0 Å². The maximum Gasteiger partial charge on any atom is 0.171 e. The summed E-state index contributed by atoms with van der Waals surface area (Å²) in [5, 5.41) is 1.21. The Labute approximate surface area is 122 Å². The van der Waals surface area contributed by atoms with Gasteiger partial charge in [-0.05, 0) is 35.1 Å². The van der Waals surface area contributed by atoms with Crippen molar-refractivity contribution in [3.8, 4) is 0 Å². The van der Waals surface area contributed by atoms with Crippen LogP contribution in [-0.2, 0) is 6.42 Å². The van der Waals surface area contributed by atoms with Crippen LogP contribution < -0.4 is 0 Å². The number of carbonyl (C=O) groups excluding carboxylic acids is 1. The predicted octanol–water partition coefficient (Wildman–Crippen LogP) is 4.50. The summed E-state index contributed by atoms with van der Waals surface area (Å²) in [6.45, 7) is 0. The molecule has 0 bridgehead atoms. The zero-order valence-corrected chi connectivity index (χ0v) is 11.3. The number of rotatable bonds is 2. The van der Waals surface area contributed by atoms with Gasteiger partial charge >= 0.3 is 0 Å². The van der Waals surface area contributed by atoms with Gasteiger partial charge in [0, 0.05) is 10.9 Å². The van der Waals surface area contributed by atoms with E-state index in [1.54, 1.807) is 18.2 Å². The molecule has 1 atom stereocenters. The van der Waals surface area contributed by atoms with Gasteiger partial charge in [-0.15, -0.1) is 0 Å². The van der Waals surface area contributed by atoms with Gasteiger partial charge in [0.05, 0.1) is 5.92 Å². The molecular formula is C19H13FO. The first-order chi connectivity index (χ1) is 10.3. The Morgan fingerprint density at radius 3 is 2.43 bits per heavy atom. The number of hydrogen-bond acceptors (Lipinski definition) is 1. The molecule has 0 N–H and O–H groups in total. The standard InChI is InChI=1S/C19H13FO/c20-18-10-9-16(14-7-3-4-8-15(14)18)19(21)17-11-12-5-1-2-6-13(12)17/h1-10,17H,11H2. The van der Waals surface area contributed by atoms with Crippen molar-refractivity contribution in [2.75, 3.05) is 0 Å². The molecule has 0 fully saturated rings. The van der Waals surface area contributed by atoms with Gasteiger partial charge in [0.25, 0.3) is 0 Å². The van der Waals surface area contributed by atoms with E-state index in [1.807, 2.05) is 30.3 Å². The van der Waals surface area contributed by atoms with E-state index in [-0.39, 0.29) is 17.5 Å². The van der Waals surface area contributed by atoms with Crippen LogP contribution in [-0.4, -0.2) is 5.78 Å². The minimum absolute atomic E-state index is 0.0879. The second kappa shape index (κ2) is 4.52. The number of hydrogen-bond donors (Lipinski definition) is 0. The highest BCUT2D eigenvalue weighted by Gasteiger charge is 2.32. The molecule has 1 nitrogen and oxygen atoms in total. The Bertz CT molecular complexity index is 866. The van der Waals surface area contributed by atoms with Gasteiger partial charge in [-0.3, -0.25) is 4.79 Å². The molecule has 3 aromatic carbocycles. The molecule has 4 rings (SSSR count). The number of carbonyl (C=O) groups is 1. The van der Waals surface area contributed by atoms with Crippen LogP contribution in [0.4, 0.5) is 4.39 Å². The zero-order valence-electron chi connectivity index (χ0n) is 11.3. The number of Topliss-reactive ketones (excluding diaryl/α,β-unsaturated/α-hetero) is 1. The average Bonchev–Trinajstić information content (AvgIpc) is 2.49. The molecule has 0 amide bonds. The van der Waals surface area contributed by atoms with E-state index in [9.17, 15) is 9.18 Å². The minimum atomic E-state index is -0.281. The van der Waals surface area contributed by atoms with Gasteiger partial charge in [0.1, 0.15) is 5.82 Å². The molecule has 1 aliphatic rings. The Morgan fingerprint density at radius 1 is 0.905 bits per heavy atom. The van der Waals surface area contributed by atoms with E-state index in [4.69, 9.17) is 0 Å². The molecule has 0 saturated carbocycles. The lowest BCUT2D eigenvalue weighted by Crippen LogP contribution is -2.25. The highest BCUT2D eigenvalue weighted by molar-refractivity contribution is 6.11. The molecule has 0 aliphatic heterocycles. The molecule has 0 spiro atoms. The normalized spacial score (nSPS) is 16.3. The summed E-state index contributed by atoms with van der Waals surface area (Å²) in [5.74, 6) is -0.281. The third-order valence-corrected chi connectivity index (χ3v) is 4.31. The van der Waals surface area contributed by atoms with Crippen molar-refractivity contribution in [3.05, 3.63) is 83.2 Å². The molecular weight excluding hydrogens is 263 g/mol. The van der Waals surface area contributed by atoms with Crippen molar-refractivity contribution in [3.63, 3.8) is 0 Å². The molecule has 0 heterocycles. The van der Waals surface area contributed by atoms with Crippen molar-refractivity contribution in [1.82, 2.24) is 0 Å². The second-order valence-electron chi connectivity index (χ2n) is 5.46. The van der Waals surface area contributed by atoms with Crippen LogP contribution in [0, 0.1) is 5.82 Å². The average molecular weight is 276 g/mol. The summed E-state index contributed by atoms with van der Waals surface area (Å²) in [5.41, 5.74) is 2.96. The quantitative estimate of drug-likeness (QED) is 0.630. The molecule has 0 radical (unpaired) electrons. The number of benzene rings is 3. The molecule has 2 heteroatoms. The van der Waals surface area contributed by atoms with Crippen LogP contribution in [0.15, 0.2) is 60.7 Å². The third kappa shape index (κ3) is 1.79. The first-order valence-electron chi connectivity index (χ1n) is 7.05. The van der Waals surface area contributed by atoms with Gasteiger partial charge in [-0.1, -0.05) is 48.5 Å². The minimum Gasteiger partial charge on any atom is -0.293 e. The largest absolute Gasteiger partial charge is 0.293 e. The molecule has 0 saturated heterocycles. The Morgan fingerprint density at radius 2 is 1.62 bits per heavy atom. The van der Waals surface area contributed by atoms with Crippen molar-refractivity contribution in [1.29, 1.82) is 0 Å². The lowest BCUT2D eigenvalue weighted by Gasteiger charge is -2.29. The van der Waals surface area contributed by atoms with E-state index in [1.165, 1.54) is 11.6 Å². The van der Waals surface area contributed by atoms with Gasteiger partial charge in [-0.2, -0.15) is 0 Å². The molecule has 0 aromatic heterocycles. The van der Waals surface area contributed by atoms with Gasteiger partial charge in [0.2, 0.25) is 0 Å². The summed E-state index contributed by atoms with van der Waals surface area (Å²) >= 11 is 0. The van der Waals surface area contributed by atoms with E-state index in [0.29, 0.717) is 16.3 Å². The van der Waals surface area contributed by atoms with E-state index >= 15 is 0 Å². The SMILES string of the molecule is O=C(c1ccc(F)c2ccccc12)C1Cc2ccccc21. The third-order valence-electron chi connectivity index (χ3n) is 4.31. The topological polar surface area (TPSA) is 17.1 Å². The summed E-state index contributed by atoms with van der Waals surface area (Å²) < 4.78 is 13.9. The van der Waals surface area contributed by atoms with Crippen molar-refractivity contribution in [2.24, 2.45) is 0 Å². The Kier molecular flexibility index (Phi) is 2.64. The van der Waals surface area contributed by atoms with Crippen LogP contribution in [0.25, 0.3) is 10.8 Å². The van der Waals surface area contributed by atoms with E-state index < -0.39 is 0 Å². The van der Waals surface area contributed by atoms with Crippen LogP contribution in [0.3, 0.4) is 0 Å². The summed E-state index contributed by atoms with van der Waals surface area (Å²) in [6.07, 6.45) is 0.778. The lowest BCUT2D eigenvalue weighted by atomic mass is 9.73. The first kappa shape index (κ1) is 12.3. The second-order valence-corrected chi connectivity index (χ2v) is 5.46. The maximum absolute atomic E-state index is 13.9. The lowest BCUT2D eigenvalue weighted by molar-refractivity contribution is 0.0950. The van der Waals surface area contributed by atoms with E-state index in [2.05, 4.69) is 6.07 Å². The van der Waals surface area contributed by atoms with Crippen molar-refractivity contribution >= 4 is 16.6 Å². The van der Waals surface area contributed by atoms with Crippen LogP contribution >= 0.6 is 0 Å². The maximum atomic E-state index is 13.9. The molecule has 21 heavy (non-hydrogen) atoms. The number of fused-ring (bicyclic) bond motifs is 2. The van der Waals surface area contributed by atoms with E-state index in [0.717, 1.165) is 12.0 Å². The van der Waals surface area contributed by atoms with Crippen molar-refractivity contribution < 1.29 is 9.18 Å². The molecule has 3 aromatic rings. The summed E-state index contributed by atoms with van der Waals surface area (Å²) in [4.78, 5) is 12.8. The fourth-order valence-electron chi connectivity index (χ4n) is 3.16. The Balaban J connectivity index is 1.82. The van der Waals surface area contributed by atoms with Gasteiger partial charge in [0.15, 0.2) is 5.78 Å². The van der Waals surface area contributed by atoms with Crippen molar-refractivity contribution in [2.45, 2.75) is 12.3 Å². The van der Waals surface area contributed by atoms with Crippen LogP contribution in [0.1, 0.15) is 27.4 Å². The fraction of sp³-hybridized carbons (Fsp3) is 0.105. The fourth-order valence-corrected chi connectivity index (χ4v) is 3.16. The van der Waals surface area contributed by atoms with Gasteiger partial charge < -0.3 is 0 Å².